The molecule has 0 saturated carbocycles. The van der Waals surface area contributed by atoms with Crippen molar-refractivity contribution in [3.05, 3.63) is 43.8 Å². The number of nitriles is 1. The number of carbonyl (C=O) groups excluding carboxylic acids is 2. The summed E-state index contributed by atoms with van der Waals surface area (Å²) in [5, 5.41) is 26.1. The maximum Gasteiger partial charge on any atom is 0.270 e. The van der Waals surface area contributed by atoms with E-state index >= 15 is 0 Å². The molecule has 1 aromatic heterocycles. The van der Waals surface area contributed by atoms with Crippen LogP contribution in [0.4, 0.5) is 11.4 Å². The van der Waals surface area contributed by atoms with Crippen molar-refractivity contribution in [2.24, 2.45) is 0 Å². The average molecular weight is 425 g/mol. The standard InChI is InChI=1S/C20H19N5O4S/c1-3-8-22-18(28)15(10-21)20-25(4-2)19(29)16(30-20)11-23-13-6-5-7-14(9-13)24-17(27)12-26/h1,5-7,9,11,23,26H,4,8,12H2,2H3,(H,22,28)(H,24,27). The Bertz CT molecular complexity index is 1210. The molecule has 0 aliphatic rings. The van der Waals surface area contributed by atoms with Gasteiger partial charge in [-0.05, 0) is 25.1 Å². The normalized spacial score (nSPS) is 11.8. The van der Waals surface area contributed by atoms with E-state index in [0.29, 0.717) is 11.4 Å². The maximum absolute atomic E-state index is 12.7. The maximum atomic E-state index is 12.7. The number of rotatable bonds is 7. The predicted octanol–water partition coefficient (Wildman–Crippen LogP) is -0.866. The fraction of sp³-hybridized carbons (Fsp3) is 0.200. The van der Waals surface area contributed by atoms with Crippen LogP contribution in [0.25, 0.3) is 11.8 Å². The Morgan fingerprint density at radius 1 is 1.37 bits per heavy atom. The molecule has 0 spiro atoms. The van der Waals surface area contributed by atoms with E-state index in [1.807, 2.05) is 6.07 Å². The Morgan fingerprint density at radius 2 is 2.10 bits per heavy atom. The number of aliphatic hydroxyl groups excluding tert-OH is 1. The van der Waals surface area contributed by atoms with Gasteiger partial charge in [0, 0.05) is 24.1 Å². The highest BCUT2D eigenvalue weighted by molar-refractivity contribution is 7.07. The molecular formula is C20H19N5O4S. The molecule has 2 aromatic rings. The Labute approximate surface area is 176 Å². The Kier molecular flexibility index (Phi) is 7.94. The van der Waals surface area contributed by atoms with E-state index in [2.05, 4.69) is 21.9 Å². The number of carbonyl (C=O) groups is 2. The first-order valence-corrected chi connectivity index (χ1v) is 9.60. The van der Waals surface area contributed by atoms with E-state index in [9.17, 15) is 19.6 Å². The van der Waals surface area contributed by atoms with E-state index in [1.54, 1.807) is 31.2 Å². The van der Waals surface area contributed by atoms with Gasteiger partial charge in [-0.2, -0.15) is 5.26 Å². The van der Waals surface area contributed by atoms with Crippen LogP contribution in [-0.4, -0.2) is 34.6 Å². The minimum atomic E-state index is -0.647. The van der Waals surface area contributed by atoms with Gasteiger partial charge in [-0.25, -0.2) is 0 Å². The number of terminal acetylenes is 1. The number of aromatic nitrogens is 1. The lowest BCUT2D eigenvalue weighted by Gasteiger charge is -2.05. The van der Waals surface area contributed by atoms with Crippen molar-refractivity contribution >= 4 is 46.3 Å². The second-order valence-electron chi connectivity index (χ2n) is 5.77. The lowest BCUT2D eigenvalue weighted by Crippen LogP contribution is -2.34. The molecule has 0 atom stereocenters. The van der Waals surface area contributed by atoms with Crippen LogP contribution in [0.2, 0.25) is 0 Å². The molecule has 0 aliphatic heterocycles. The summed E-state index contributed by atoms with van der Waals surface area (Å²) in [6.45, 7) is 1.34. The quantitative estimate of drug-likeness (QED) is 0.426. The van der Waals surface area contributed by atoms with Crippen molar-refractivity contribution in [3.63, 3.8) is 0 Å². The highest BCUT2D eigenvalue weighted by Gasteiger charge is 2.14. The Hall–Kier alpha value is -3.86. The molecule has 2 amide bonds. The van der Waals surface area contributed by atoms with Gasteiger partial charge < -0.3 is 21.1 Å². The fourth-order valence-corrected chi connectivity index (χ4v) is 3.53. The van der Waals surface area contributed by atoms with Crippen molar-refractivity contribution in [1.82, 2.24) is 9.88 Å². The smallest absolute Gasteiger partial charge is 0.270 e. The van der Waals surface area contributed by atoms with E-state index < -0.39 is 18.4 Å². The molecule has 0 fully saturated rings. The summed E-state index contributed by atoms with van der Waals surface area (Å²) in [7, 11) is 0. The summed E-state index contributed by atoms with van der Waals surface area (Å²) in [4.78, 5) is 36.2. The molecule has 0 bridgehead atoms. The van der Waals surface area contributed by atoms with Crippen LogP contribution in [0.15, 0.2) is 29.1 Å². The molecule has 0 radical (unpaired) electrons. The van der Waals surface area contributed by atoms with Gasteiger partial charge in [0.15, 0.2) is 5.57 Å². The Balaban J connectivity index is 2.45. The van der Waals surface area contributed by atoms with Crippen LogP contribution in [0, 0.1) is 23.7 Å². The molecule has 10 heteroatoms. The Morgan fingerprint density at radius 3 is 2.73 bits per heavy atom. The number of thiazole rings is 1. The van der Waals surface area contributed by atoms with E-state index in [0.717, 1.165) is 11.3 Å². The van der Waals surface area contributed by atoms with Gasteiger partial charge in [0.25, 0.3) is 11.5 Å². The van der Waals surface area contributed by atoms with E-state index in [1.165, 1.54) is 10.8 Å². The molecule has 0 aliphatic carbocycles. The van der Waals surface area contributed by atoms with Crippen molar-refractivity contribution < 1.29 is 14.7 Å². The predicted molar refractivity (Wildman–Crippen MR) is 115 cm³/mol. The molecule has 0 saturated heterocycles. The van der Waals surface area contributed by atoms with Crippen molar-refractivity contribution in [3.8, 4) is 18.4 Å². The van der Waals surface area contributed by atoms with Crippen LogP contribution >= 0.6 is 11.3 Å². The minimum Gasteiger partial charge on any atom is -0.387 e. The zero-order valence-electron chi connectivity index (χ0n) is 16.1. The number of anilines is 2. The van der Waals surface area contributed by atoms with Gasteiger partial charge in [0.05, 0.1) is 6.54 Å². The number of hydrogen-bond donors (Lipinski definition) is 4. The molecule has 30 heavy (non-hydrogen) atoms. The topological polar surface area (TPSA) is 136 Å². The number of benzene rings is 1. The molecule has 4 N–H and O–H groups in total. The molecule has 1 heterocycles. The number of aliphatic hydroxyl groups is 1. The number of nitrogens with zero attached hydrogens (tertiary/aromatic N) is 2. The van der Waals surface area contributed by atoms with Gasteiger partial charge in [0.2, 0.25) is 5.91 Å². The first kappa shape index (κ1) is 22.4. The zero-order chi connectivity index (χ0) is 22.1. The third-order valence-electron chi connectivity index (χ3n) is 3.79. The third-order valence-corrected chi connectivity index (χ3v) is 4.92. The molecule has 2 rings (SSSR count). The van der Waals surface area contributed by atoms with Crippen molar-refractivity contribution in [1.29, 1.82) is 5.26 Å². The SMILES string of the molecule is C#CCNC(=O)C(C#N)=c1sc(=CNc2cccc(NC(=O)CO)c2)c(=O)n1CC. The average Bonchev–Trinajstić information content (AvgIpc) is 3.06. The summed E-state index contributed by atoms with van der Waals surface area (Å²) in [5.74, 6) is 1.06. The van der Waals surface area contributed by atoms with Gasteiger partial charge in [-0.3, -0.25) is 19.0 Å². The molecular weight excluding hydrogens is 406 g/mol. The highest BCUT2D eigenvalue weighted by Crippen LogP contribution is 2.14. The summed E-state index contributed by atoms with van der Waals surface area (Å²) >= 11 is 1.00. The first-order valence-electron chi connectivity index (χ1n) is 8.78. The van der Waals surface area contributed by atoms with Crippen LogP contribution in [0.1, 0.15) is 6.92 Å². The van der Waals surface area contributed by atoms with Crippen LogP contribution in [0.5, 0.6) is 0 Å². The summed E-state index contributed by atoms with van der Waals surface area (Å²) < 4.78 is 1.86. The number of amides is 2. The van der Waals surface area contributed by atoms with Crippen LogP contribution < -0.4 is 30.7 Å². The van der Waals surface area contributed by atoms with Crippen molar-refractivity contribution in [2.45, 2.75) is 13.5 Å². The third kappa shape index (κ3) is 5.35. The summed E-state index contributed by atoms with van der Waals surface area (Å²) in [5.41, 5.74) is 0.504. The first-order chi connectivity index (χ1) is 14.4. The van der Waals surface area contributed by atoms with Gasteiger partial charge in [-0.15, -0.1) is 17.8 Å². The minimum absolute atomic E-state index is 0.0323. The number of nitrogens with one attached hydrogen (secondary N) is 3. The van der Waals surface area contributed by atoms with Gasteiger partial charge in [0.1, 0.15) is 21.9 Å². The van der Waals surface area contributed by atoms with Gasteiger partial charge in [-0.1, -0.05) is 12.0 Å². The monoisotopic (exact) mass is 425 g/mol. The lowest BCUT2D eigenvalue weighted by atomic mass is 10.2. The van der Waals surface area contributed by atoms with Crippen LogP contribution in [-0.2, 0) is 16.1 Å². The van der Waals surface area contributed by atoms with Crippen molar-refractivity contribution in [2.75, 3.05) is 23.8 Å². The fourth-order valence-electron chi connectivity index (χ4n) is 2.44. The molecule has 154 valence electrons. The number of hydrogen-bond acceptors (Lipinski definition) is 7. The lowest BCUT2D eigenvalue weighted by molar-refractivity contribution is -0.118. The molecule has 0 unspecified atom stereocenters. The summed E-state index contributed by atoms with van der Waals surface area (Å²) in [6.07, 6.45) is 6.59. The van der Waals surface area contributed by atoms with Gasteiger partial charge >= 0.3 is 0 Å². The zero-order valence-corrected chi connectivity index (χ0v) is 16.9. The molecule has 9 nitrogen and oxygen atoms in total. The summed E-state index contributed by atoms with van der Waals surface area (Å²) in [6, 6.07) is 8.51. The highest BCUT2D eigenvalue weighted by atomic mass is 32.1. The largest absolute Gasteiger partial charge is 0.387 e. The van der Waals surface area contributed by atoms with E-state index in [-0.39, 0.29) is 33.4 Å². The van der Waals surface area contributed by atoms with Crippen LogP contribution in [0.3, 0.4) is 0 Å². The second-order valence-corrected chi connectivity index (χ2v) is 6.80. The van der Waals surface area contributed by atoms with E-state index in [4.69, 9.17) is 11.5 Å². The second kappa shape index (κ2) is 10.6. The molecule has 1 aromatic carbocycles.